The zero-order chi connectivity index (χ0) is 44.8. The van der Waals surface area contributed by atoms with Crippen molar-refractivity contribution in [2.45, 2.75) is 51.2 Å². The molecule has 0 bridgehead atoms. The molecule has 0 spiro atoms. The van der Waals surface area contributed by atoms with Crippen LogP contribution in [0.2, 0.25) is 0 Å². The van der Waals surface area contributed by atoms with E-state index in [9.17, 15) is 20.1 Å². The second kappa shape index (κ2) is 22.2. The highest BCUT2D eigenvalue weighted by Gasteiger charge is 2.31. The van der Waals surface area contributed by atoms with Crippen molar-refractivity contribution in [2.24, 2.45) is 5.41 Å². The number of hydrogen-bond donors (Lipinski definition) is 6. The number of ether oxygens (including phenoxy) is 4. The van der Waals surface area contributed by atoms with Gasteiger partial charge in [-0.3, -0.25) is 20.6 Å². The molecule has 3 saturated heterocycles. The van der Waals surface area contributed by atoms with E-state index in [1.807, 2.05) is 26.2 Å². The van der Waals surface area contributed by atoms with E-state index in [1.165, 1.54) is 24.2 Å². The van der Waals surface area contributed by atoms with Crippen LogP contribution < -0.4 is 46.3 Å². The normalized spacial score (nSPS) is 17.8. The van der Waals surface area contributed by atoms with Crippen LogP contribution in [0.4, 0.5) is 38.3 Å². The number of urea groups is 2. The lowest BCUT2D eigenvalue weighted by atomic mass is 9.93. The van der Waals surface area contributed by atoms with Crippen LogP contribution in [0.15, 0.2) is 53.9 Å². The minimum atomic E-state index is -0.510. The van der Waals surface area contributed by atoms with E-state index in [-0.39, 0.29) is 17.6 Å². The number of aryl methyl sites for hydroxylation is 2. The molecule has 3 aliphatic heterocycles. The van der Waals surface area contributed by atoms with Crippen molar-refractivity contribution >= 4 is 52.5 Å². The van der Waals surface area contributed by atoms with Crippen LogP contribution in [-0.4, -0.2) is 116 Å². The number of nitriles is 2. The second-order valence-corrected chi connectivity index (χ2v) is 16.6. The van der Waals surface area contributed by atoms with E-state index >= 15 is 0 Å². The van der Waals surface area contributed by atoms with Gasteiger partial charge in [0.25, 0.3) is 0 Å². The third-order valence-corrected chi connectivity index (χ3v) is 10.8. The SMILES string of the molecule is CSc1cc(OC[C@@H]2CNCCO2)c(NC(=O)Nc2cnc(C)cn2)cc1C#N.Cc1cnc(NC(=O)Nc2cc(C#N)c(N3CCC(C)(C)C3)cc2OC[C@@H]2CNCCO2)cn1. The van der Waals surface area contributed by atoms with Gasteiger partial charge in [-0.25, -0.2) is 19.6 Å². The third-order valence-electron chi connectivity index (χ3n) is 10.1. The molecule has 20 heteroatoms. The van der Waals surface area contributed by atoms with E-state index in [2.05, 4.69) is 82.7 Å². The van der Waals surface area contributed by atoms with Gasteiger partial charge in [0.05, 0.1) is 77.6 Å². The molecule has 2 aromatic heterocycles. The van der Waals surface area contributed by atoms with Gasteiger partial charge in [-0.2, -0.15) is 10.5 Å². The Kier molecular flexibility index (Phi) is 16.3. The predicted octanol–water partition coefficient (Wildman–Crippen LogP) is 5.29. The van der Waals surface area contributed by atoms with Crippen molar-refractivity contribution in [2.75, 3.05) is 98.1 Å². The topological polar surface area (TPSA) is 246 Å². The van der Waals surface area contributed by atoms with Gasteiger partial charge in [-0.05, 0) is 50.1 Å². The summed E-state index contributed by atoms with van der Waals surface area (Å²) < 4.78 is 23.4. The molecule has 4 aromatic rings. The molecule has 2 atom stereocenters. The summed E-state index contributed by atoms with van der Waals surface area (Å²) in [5.74, 6) is 1.59. The fraction of sp³-hybridized carbons (Fsp3) is 0.442. The number of amides is 4. The Bertz CT molecular complexity index is 2270. The molecule has 6 N–H and O–H groups in total. The predicted molar refractivity (Wildman–Crippen MR) is 240 cm³/mol. The Morgan fingerprint density at radius 3 is 1.75 bits per heavy atom. The van der Waals surface area contributed by atoms with Gasteiger partial charge >= 0.3 is 12.1 Å². The summed E-state index contributed by atoms with van der Waals surface area (Å²) in [6, 6.07) is 10.3. The minimum Gasteiger partial charge on any atom is -0.489 e. The van der Waals surface area contributed by atoms with Crippen LogP contribution in [0.25, 0.3) is 0 Å². The van der Waals surface area contributed by atoms with Crippen LogP contribution in [0, 0.1) is 41.9 Å². The summed E-state index contributed by atoms with van der Waals surface area (Å²) >= 11 is 1.43. The Balaban J connectivity index is 0.000000213. The molecular weight excluding hydrogens is 827 g/mol. The molecule has 2 aromatic carbocycles. The van der Waals surface area contributed by atoms with Crippen LogP contribution in [0.1, 0.15) is 42.8 Å². The first-order valence-electron chi connectivity index (χ1n) is 20.5. The molecule has 7 rings (SSSR count). The Hall–Kier alpha value is -6.29. The molecular formula is C43H53N13O6S. The molecule has 3 fully saturated rings. The summed E-state index contributed by atoms with van der Waals surface area (Å²) in [5.41, 5.74) is 4.19. The maximum absolute atomic E-state index is 12.7. The van der Waals surface area contributed by atoms with Crippen LogP contribution in [-0.2, 0) is 9.47 Å². The van der Waals surface area contributed by atoms with Crippen LogP contribution in [0.5, 0.6) is 11.5 Å². The molecule has 63 heavy (non-hydrogen) atoms. The lowest BCUT2D eigenvalue weighted by Crippen LogP contribution is -2.41. The third kappa shape index (κ3) is 13.6. The Morgan fingerprint density at radius 1 is 0.794 bits per heavy atom. The molecule has 4 amide bonds. The number of thioether (sulfide) groups is 1. The fourth-order valence-electron chi connectivity index (χ4n) is 6.76. The number of anilines is 5. The van der Waals surface area contributed by atoms with E-state index in [0.29, 0.717) is 85.2 Å². The molecule has 0 aliphatic carbocycles. The number of nitrogens with zero attached hydrogens (tertiary/aromatic N) is 7. The molecule has 19 nitrogen and oxygen atoms in total. The van der Waals surface area contributed by atoms with Gasteiger partial charge in [0.2, 0.25) is 0 Å². The number of morpholine rings is 2. The number of rotatable bonds is 12. The number of carbonyl (C=O) groups is 2. The van der Waals surface area contributed by atoms with Gasteiger partial charge in [-0.15, -0.1) is 11.8 Å². The first kappa shape index (κ1) is 46.2. The standard InChI is InChI=1S/C24H31N7O3.C19H22N6O3S/c1-16-11-28-22(13-27-16)30-23(32)29-19-8-17(10-25)20(31-6-4-24(2,3)15-31)9-21(19)34-14-18-12-26-5-7-33-18;1-12-8-23-18(10-22-12)25-19(26)24-15-5-13(7-20)17(29-2)6-16(15)28-11-14-9-21-3-4-27-14/h8-9,11,13,18,26H,4-7,12,14-15H2,1-3H3,(H2,28,29,30,32);5-6,8,10,14,21H,3-4,9,11H2,1-2H3,(H2,23,24,25,26)/t18-;14-/m00/s1. The quantitative estimate of drug-likeness (QED) is 0.0990. The van der Waals surface area contributed by atoms with Crippen LogP contribution >= 0.6 is 11.8 Å². The van der Waals surface area contributed by atoms with Crippen molar-refractivity contribution in [3.8, 4) is 23.6 Å². The molecule has 0 saturated carbocycles. The smallest absolute Gasteiger partial charge is 0.325 e. The first-order valence-corrected chi connectivity index (χ1v) is 21.7. The monoisotopic (exact) mass is 879 g/mol. The summed E-state index contributed by atoms with van der Waals surface area (Å²) in [4.78, 5) is 44.5. The number of nitrogens with one attached hydrogen (secondary N) is 6. The van der Waals surface area contributed by atoms with E-state index in [0.717, 1.165) is 54.6 Å². The summed E-state index contributed by atoms with van der Waals surface area (Å²) in [5, 5.41) is 36.6. The van der Waals surface area contributed by atoms with Crippen molar-refractivity contribution in [1.29, 1.82) is 10.5 Å². The van der Waals surface area contributed by atoms with Gasteiger partial charge < -0.3 is 45.1 Å². The number of hydrogen-bond acceptors (Lipinski definition) is 16. The number of benzene rings is 2. The van der Waals surface area contributed by atoms with Crippen molar-refractivity contribution in [3.63, 3.8) is 0 Å². The average Bonchev–Trinajstić information content (AvgIpc) is 3.66. The van der Waals surface area contributed by atoms with E-state index in [4.69, 9.17) is 18.9 Å². The van der Waals surface area contributed by atoms with Crippen molar-refractivity contribution in [1.82, 2.24) is 30.6 Å². The minimum absolute atomic E-state index is 0.0818. The number of carbonyl (C=O) groups excluding carboxylic acids is 2. The summed E-state index contributed by atoms with van der Waals surface area (Å²) in [6.45, 7) is 14.7. The van der Waals surface area contributed by atoms with E-state index in [1.54, 1.807) is 30.6 Å². The second-order valence-electron chi connectivity index (χ2n) is 15.7. The highest BCUT2D eigenvalue weighted by atomic mass is 32.2. The highest BCUT2D eigenvalue weighted by Crippen LogP contribution is 2.39. The number of aromatic nitrogens is 4. The zero-order valence-corrected chi connectivity index (χ0v) is 36.9. The molecule has 0 unspecified atom stereocenters. The van der Waals surface area contributed by atoms with Gasteiger partial charge in [0.1, 0.15) is 49.1 Å². The lowest BCUT2D eigenvalue weighted by molar-refractivity contribution is 0.000291. The van der Waals surface area contributed by atoms with Crippen molar-refractivity contribution in [3.05, 3.63) is 71.6 Å². The van der Waals surface area contributed by atoms with Gasteiger partial charge in [-0.1, -0.05) is 13.8 Å². The molecule has 3 aliphatic rings. The lowest BCUT2D eigenvalue weighted by Gasteiger charge is -2.26. The largest absolute Gasteiger partial charge is 0.489 e. The molecule has 0 radical (unpaired) electrons. The van der Waals surface area contributed by atoms with Gasteiger partial charge in [0, 0.05) is 50.2 Å². The zero-order valence-electron chi connectivity index (χ0n) is 36.0. The first-order chi connectivity index (χ1) is 30.4. The summed E-state index contributed by atoms with van der Waals surface area (Å²) in [6.07, 6.45) is 8.83. The van der Waals surface area contributed by atoms with Crippen molar-refractivity contribution < 1.29 is 28.5 Å². The average molecular weight is 880 g/mol. The van der Waals surface area contributed by atoms with E-state index < -0.39 is 12.1 Å². The Labute approximate surface area is 371 Å². The fourth-order valence-corrected chi connectivity index (χ4v) is 7.31. The van der Waals surface area contributed by atoms with Gasteiger partial charge in [0.15, 0.2) is 11.6 Å². The van der Waals surface area contributed by atoms with Crippen LogP contribution in [0.3, 0.4) is 0 Å². The maximum Gasteiger partial charge on any atom is 0.325 e. The Morgan fingerprint density at radius 2 is 1.32 bits per heavy atom. The summed E-state index contributed by atoms with van der Waals surface area (Å²) in [7, 11) is 0. The maximum atomic E-state index is 12.7. The highest BCUT2D eigenvalue weighted by molar-refractivity contribution is 7.98. The molecule has 5 heterocycles. The molecule has 332 valence electrons.